The van der Waals surface area contributed by atoms with Crippen molar-refractivity contribution in [3.8, 4) is 34.1 Å². The van der Waals surface area contributed by atoms with Crippen LogP contribution in [0.1, 0.15) is 0 Å². The number of hydrogen-bond donors (Lipinski definition) is 0. The second kappa shape index (κ2) is 6.26. The average molecular weight is 292 g/mol. The van der Waals surface area contributed by atoms with Gasteiger partial charge in [0.25, 0.3) is 0 Å². The molecule has 2 aromatic carbocycles. The third kappa shape index (κ3) is 2.76. The Bertz CT molecular complexity index is 773. The summed E-state index contributed by atoms with van der Waals surface area (Å²) in [6.45, 7) is 0. The first kappa shape index (κ1) is 14.1. The number of benzene rings is 2. The van der Waals surface area contributed by atoms with Crippen molar-refractivity contribution < 1.29 is 9.47 Å². The molecule has 0 bridgehead atoms. The molecule has 0 aliphatic carbocycles. The summed E-state index contributed by atoms with van der Waals surface area (Å²) < 4.78 is 10.6. The minimum atomic E-state index is 0.680. The first-order chi connectivity index (χ1) is 10.8. The first-order valence-electron chi connectivity index (χ1n) is 6.92. The Morgan fingerprint density at radius 3 is 2.27 bits per heavy atom. The zero-order valence-electron chi connectivity index (χ0n) is 12.5. The molecule has 0 atom stereocenters. The van der Waals surface area contributed by atoms with E-state index >= 15 is 0 Å². The van der Waals surface area contributed by atoms with Crippen molar-refractivity contribution in [1.82, 2.24) is 9.97 Å². The monoisotopic (exact) mass is 292 g/mol. The molecule has 1 heterocycles. The van der Waals surface area contributed by atoms with Crippen LogP contribution in [0.3, 0.4) is 0 Å². The van der Waals surface area contributed by atoms with Gasteiger partial charge in [-0.1, -0.05) is 30.3 Å². The lowest BCUT2D eigenvalue weighted by atomic mass is 10.1. The summed E-state index contributed by atoms with van der Waals surface area (Å²) in [5.74, 6) is 2.08. The molecule has 0 aliphatic heterocycles. The van der Waals surface area contributed by atoms with E-state index < -0.39 is 0 Å². The van der Waals surface area contributed by atoms with Gasteiger partial charge in [0, 0.05) is 17.3 Å². The summed E-state index contributed by atoms with van der Waals surface area (Å²) >= 11 is 0. The molecule has 0 unspecified atom stereocenters. The maximum atomic E-state index is 5.34. The third-order valence-corrected chi connectivity index (χ3v) is 3.37. The van der Waals surface area contributed by atoms with Gasteiger partial charge in [-0.2, -0.15) is 0 Å². The Balaban J connectivity index is 2.02. The van der Waals surface area contributed by atoms with Crippen LogP contribution in [0.25, 0.3) is 22.6 Å². The molecule has 4 heteroatoms. The van der Waals surface area contributed by atoms with E-state index in [1.807, 2.05) is 54.6 Å². The smallest absolute Gasteiger partial charge is 0.161 e. The minimum Gasteiger partial charge on any atom is -0.493 e. The minimum absolute atomic E-state index is 0.680. The molecule has 0 saturated heterocycles. The number of ether oxygens (including phenoxy) is 2. The number of aromatic nitrogens is 2. The van der Waals surface area contributed by atoms with Gasteiger partial charge in [0.15, 0.2) is 17.3 Å². The van der Waals surface area contributed by atoms with Crippen molar-refractivity contribution in [1.29, 1.82) is 0 Å². The van der Waals surface area contributed by atoms with E-state index in [1.54, 1.807) is 20.4 Å². The standard InChI is InChI=1S/C18H16N2O2/c1-21-16-9-8-14(12-17(16)22-2)15-10-11-19-18(20-15)13-6-4-3-5-7-13/h3-12H,1-2H3. The van der Waals surface area contributed by atoms with Crippen LogP contribution in [0.5, 0.6) is 11.5 Å². The maximum Gasteiger partial charge on any atom is 0.161 e. The first-order valence-corrected chi connectivity index (χ1v) is 6.92. The van der Waals surface area contributed by atoms with Crippen molar-refractivity contribution in [2.45, 2.75) is 0 Å². The van der Waals surface area contributed by atoms with Gasteiger partial charge in [0.1, 0.15) is 0 Å². The Labute approximate surface area is 129 Å². The lowest BCUT2D eigenvalue weighted by Crippen LogP contribution is -1.94. The van der Waals surface area contributed by atoms with Gasteiger partial charge < -0.3 is 9.47 Å². The molecule has 0 amide bonds. The molecule has 110 valence electrons. The lowest BCUT2D eigenvalue weighted by molar-refractivity contribution is 0.355. The fraction of sp³-hybridized carbons (Fsp3) is 0.111. The SMILES string of the molecule is COc1ccc(-c2ccnc(-c3ccccc3)n2)cc1OC. The third-order valence-electron chi connectivity index (χ3n) is 3.37. The number of hydrogen-bond acceptors (Lipinski definition) is 4. The molecule has 0 fully saturated rings. The molecular weight excluding hydrogens is 276 g/mol. The van der Waals surface area contributed by atoms with E-state index in [0.29, 0.717) is 17.3 Å². The molecule has 0 saturated carbocycles. The predicted octanol–water partition coefficient (Wildman–Crippen LogP) is 3.83. The number of nitrogens with zero attached hydrogens (tertiary/aromatic N) is 2. The van der Waals surface area contributed by atoms with Gasteiger partial charge in [-0.05, 0) is 24.3 Å². The Hall–Kier alpha value is -2.88. The van der Waals surface area contributed by atoms with Crippen molar-refractivity contribution in [3.05, 3.63) is 60.8 Å². The number of rotatable bonds is 4. The van der Waals surface area contributed by atoms with Crippen LogP contribution >= 0.6 is 0 Å². The van der Waals surface area contributed by atoms with Gasteiger partial charge >= 0.3 is 0 Å². The van der Waals surface area contributed by atoms with Crippen molar-refractivity contribution in [2.24, 2.45) is 0 Å². The summed E-state index contributed by atoms with van der Waals surface area (Å²) in [4.78, 5) is 8.98. The van der Waals surface area contributed by atoms with Gasteiger partial charge in [-0.15, -0.1) is 0 Å². The zero-order valence-corrected chi connectivity index (χ0v) is 12.5. The van der Waals surface area contributed by atoms with Crippen LogP contribution in [0.2, 0.25) is 0 Å². The number of methoxy groups -OCH3 is 2. The van der Waals surface area contributed by atoms with E-state index in [-0.39, 0.29) is 0 Å². The highest BCUT2D eigenvalue weighted by Crippen LogP contribution is 2.31. The molecule has 4 nitrogen and oxygen atoms in total. The molecular formula is C18H16N2O2. The summed E-state index contributed by atoms with van der Waals surface area (Å²) in [5, 5.41) is 0. The van der Waals surface area contributed by atoms with Gasteiger partial charge in [-0.3, -0.25) is 0 Å². The van der Waals surface area contributed by atoms with E-state index in [1.165, 1.54) is 0 Å². The zero-order chi connectivity index (χ0) is 15.4. The fourth-order valence-corrected chi connectivity index (χ4v) is 2.24. The Kier molecular flexibility index (Phi) is 4.01. The largest absolute Gasteiger partial charge is 0.493 e. The van der Waals surface area contributed by atoms with Crippen molar-refractivity contribution >= 4 is 0 Å². The summed E-state index contributed by atoms with van der Waals surface area (Å²) in [6.07, 6.45) is 1.77. The topological polar surface area (TPSA) is 44.2 Å². The molecule has 0 N–H and O–H groups in total. The average Bonchev–Trinajstić information content (AvgIpc) is 2.62. The van der Waals surface area contributed by atoms with Crippen LogP contribution in [0, 0.1) is 0 Å². The van der Waals surface area contributed by atoms with Crippen LogP contribution < -0.4 is 9.47 Å². The van der Waals surface area contributed by atoms with Crippen LogP contribution in [0.15, 0.2) is 60.8 Å². The normalized spacial score (nSPS) is 10.3. The second-order valence-corrected chi connectivity index (χ2v) is 4.70. The van der Waals surface area contributed by atoms with Gasteiger partial charge in [-0.25, -0.2) is 9.97 Å². The van der Waals surface area contributed by atoms with Crippen molar-refractivity contribution in [3.63, 3.8) is 0 Å². The van der Waals surface area contributed by atoms with Crippen LogP contribution in [-0.4, -0.2) is 24.2 Å². The molecule has 0 spiro atoms. The molecule has 3 rings (SSSR count). The summed E-state index contributed by atoms with van der Waals surface area (Å²) in [6, 6.07) is 17.5. The highest BCUT2D eigenvalue weighted by Gasteiger charge is 2.08. The summed E-state index contributed by atoms with van der Waals surface area (Å²) in [7, 11) is 3.24. The highest BCUT2D eigenvalue weighted by atomic mass is 16.5. The maximum absolute atomic E-state index is 5.34. The second-order valence-electron chi connectivity index (χ2n) is 4.70. The summed E-state index contributed by atoms with van der Waals surface area (Å²) in [5.41, 5.74) is 2.79. The molecule has 3 aromatic rings. The van der Waals surface area contributed by atoms with Crippen LogP contribution in [-0.2, 0) is 0 Å². The lowest BCUT2D eigenvalue weighted by Gasteiger charge is -2.10. The van der Waals surface area contributed by atoms with Crippen LogP contribution in [0.4, 0.5) is 0 Å². The Morgan fingerprint density at radius 2 is 1.55 bits per heavy atom. The Morgan fingerprint density at radius 1 is 0.773 bits per heavy atom. The van der Waals surface area contributed by atoms with E-state index in [9.17, 15) is 0 Å². The van der Waals surface area contributed by atoms with E-state index in [0.717, 1.165) is 16.8 Å². The predicted molar refractivity (Wildman–Crippen MR) is 86.0 cm³/mol. The van der Waals surface area contributed by atoms with Crippen molar-refractivity contribution in [2.75, 3.05) is 14.2 Å². The van der Waals surface area contributed by atoms with E-state index in [2.05, 4.69) is 9.97 Å². The van der Waals surface area contributed by atoms with E-state index in [4.69, 9.17) is 9.47 Å². The fourth-order valence-electron chi connectivity index (χ4n) is 2.24. The molecule has 0 aliphatic rings. The van der Waals surface area contributed by atoms with Gasteiger partial charge in [0.2, 0.25) is 0 Å². The quantitative estimate of drug-likeness (QED) is 0.733. The highest BCUT2D eigenvalue weighted by molar-refractivity contribution is 5.66. The molecule has 1 aromatic heterocycles. The van der Waals surface area contributed by atoms with Gasteiger partial charge in [0.05, 0.1) is 19.9 Å². The molecule has 22 heavy (non-hydrogen) atoms. The molecule has 0 radical (unpaired) electrons.